The zero-order valence-corrected chi connectivity index (χ0v) is 10.8. The van der Waals surface area contributed by atoms with E-state index in [2.05, 4.69) is 10.5 Å². The van der Waals surface area contributed by atoms with Crippen molar-refractivity contribution < 1.29 is 19.2 Å². The minimum atomic E-state index is -0.871. The van der Waals surface area contributed by atoms with Gasteiger partial charge in [-0.1, -0.05) is 5.16 Å². The molecule has 0 fully saturated rings. The number of aromatic nitrogens is 1. The highest BCUT2D eigenvalue weighted by molar-refractivity contribution is 5.79. The molecule has 0 unspecified atom stereocenters. The van der Waals surface area contributed by atoms with Gasteiger partial charge in [-0.2, -0.15) is 0 Å². The number of carboxylic acid groups (broad SMARTS) is 1. The first-order valence-electron chi connectivity index (χ1n) is 5.73. The van der Waals surface area contributed by atoms with Crippen molar-refractivity contribution in [2.45, 2.75) is 45.6 Å². The largest absolute Gasteiger partial charge is 0.481 e. The number of carbonyl (C=O) groups excluding carboxylic acids is 1. The molecule has 0 saturated heterocycles. The van der Waals surface area contributed by atoms with Crippen molar-refractivity contribution in [2.24, 2.45) is 0 Å². The lowest BCUT2D eigenvalue weighted by Crippen LogP contribution is -2.44. The minimum Gasteiger partial charge on any atom is -0.481 e. The Hall–Kier alpha value is -1.85. The topological polar surface area (TPSA) is 92.4 Å². The summed E-state index contributed by atoms with van der Waals surface area (Å²) in [5.41, 5.74) is 0.0212. The smallest absolute Gasteiger partial charge is 0.303 e. The molecule has 0 atom stereocenters. The lowest BCUT2D eigenvalue weighted by Gasteiger charge is -2.25. The summed E-state index contributed by atoms with van der Waals surface area (Å²) < 4.78 is 4.87. The molecule has 1 amide bonds. The first kappa shape index (κ1) is 14.2. The summed E-state index contributed by atoms with van der Waals surface area (Å²) >= 11 is 0. The van der Waals surface area contributed by atoms with Crippen LogP contribution < -0.4 is 5.32 Å². The number of rotatable bonds is 6. The number of nitrogens with zero attached hydrogens (tertiary/aromatic N) is 1. The molecule has 0 aliphatic carbocycles. The van der Waals surface area contributed by atoms with Crippen molar-refractivity contribution in [3.05, 3.63) is 17.5 Å². The summed E-state index contributed by atoms with van der Waals surface area (Å²) in [4.78, 5) is 22.2. The van der Waals surface area contributed by atoms with Gasteiger partial charge in [0.1, 0.15) is 5.76 Å². The predicted octanol–water partition coefficient (Wildman–Crippen LogP) is 1.29. The van der Waals surface area contributed by atoms with Crippen LogP contribution in [0.5, 0.6) is 0 Å². The van der Waals surface area contributed by atoms with Crippen LogP contribution in [-0.4, -0.2) is 27.7 Å². The van der Waals surface area contributed by atoms with Gasteiger partial charge in [0, 0.05) is 18.0 Å². The number of carboxylic acids is 1. The molecular formula is C12H18N2O4. The van der Waals surface area contributed by atoms with Crippen molar-refractivity contribution in [3.8, 4) is 0 Å². The van der Waals surface area contributed by atoms with Crippen LogP contribution in [0.25, 0.3) is 0 Å². The summed E-state index contributed by atoms with van der Waals surface area (Å²) in [6.45, 7) is 5.34. The summed E-state index contributed by atoms with van der Waals surface area (Å²) in [6.07, 6.45) is 0.538. The van der Waals surface area contributed by atoms with Crippen LogP contribution in [0.1, 0.15) is 38.1 Å². The maximum absolute atomic E-state index is 11.7. The fourth-order valence-electron chi connectivity index (χ4n) is 1.57. The van der Waals surface area contributed by atoms with Gasteiger partial charge in [-0.15, -0.1) is 0 Å². The third kappa shape index (κ3) is 4.99. The molecule has 6 nitrogen and oxygen atoms in total. The standard InChI is InChI=1S/C12H18N2O4/c1-8-6-9(14-18-8)7-10(15)13-12(2,3)5-4-11(16)17/h6H,4-5,7H2,1-3H3,(H,13,15)(H,16,17). The third-order valence-corrected chi connectivity index (χ3v) is 2.46. The Balaban J connectivity index is 2.45. The van der Waals surface area contributed by atoms with Crippen molar-refractivity contribution in [1.82, 2.24) is 10.5 Å². The van der Waals surface area contributed by atoms with E-state index in [-0.39, 0.29) is 18.7 Å². The second kappa shape index (κ2) is 5.66. The van der Waals surface area contributed by atoms with Gasteiger partial charge in [-0.3, -0.25) is 9.59 Å². The SMILES string of the molecule is Cc1cc(CC(=O)NC(C)(C)CCC(=O)O)no1. The van der Waals surface area contributed by atoms with Crippen LogP contribution in [0.15, 0.2) is 10.6 Å². The highest BCUT2D eigenvalue weighted by atomic mass is 16.5. The molecule has 1 heterocycles. The van der Waals surface area contributed by atoms with Crippen LogP contribution in [0.4, 0.5) is 0 Å². The molecule has 0 spiro atoms. The van der Waals surface area contributed by atoms with Crippen molar-refractivity contribution in [2.75, 3.05) is 0 Å². The molecule has 1 rings (SSSR count). The van der Waals surface area contributed by atoms with Crippen molar-refractivity contribution in [1.29, 1.82) is 0 Å². The van der Waals surface area contributed by atoms with Crippen LogP contribution in [-0.2, 0) is 16.0 Å². The fourth-order valence-corrected chi connectivity index (χ4v) is 1.57. The molecule has 0 aliphatic heterocycles. The lowest BCUT2D eigenvalue weighted by atomic mass is 9.98. The van der Waals surface area contributed by atoms with E-state index in [1.54, 1.807) is 26.8 Å². The fraction of sp³-hybridized carbons (Fsp3) is 0.583. The van der Waals surface area contributed by atoms with Crippen molar-refractivity contribution in [3.63, 3.8) is 0 Å². The Morgan fingerprint density at radius 1 is 1.50 bits per heavy atom. The second-order valence-corrected chi connectivity index (χ2v) is 4.93. The van der Waals surface area contributed by atoms with E-state index < -0.39 is 11.5 Å². The average molecular weight is 254 g/mol. The van der Waals surface area contributed by atoms with Gasteiger partial charge in [0.2, 0.25) is 5.91 Å². The number of amides is 1. The Kier molecular flexibility index (Phi) is 4.47. The minimum absolute atomic E-state index is 0.0242. The normalized spacial score (nSPS) is 11.3. The Labute approximate surface area is 105 Å². The van der Waals surface area contributed by atoms with E-state index in [0.29, 0.717) is 17.9 Å². The number of aryl methyl sites for hydroxylation is 1. The molecule has 0 saturated carbocycles. The number of aliphatic carboxylic acids is 1. The molecule has 2 N–H and O–H groups in total. The van der Waals surface area contributed by atoms with Gasteiger partial charge in [-0.05, 0) is 27.2 Å². The Morgan fingerprint density at radius 2 is 2.17 bits per heavy atom. The number of hydrogen-bond donors (Lipinski definition) is 2. The third-order valence-electron chi connectivity index (χ3n) is 2.46. The van der Waals surface area contributed by atoms with E-state index in [4.69, 9.17) is 9.63 Å². The molecule has 1 aromatic rings. The highest BCUT2D eigenvalue weighted by Gasteiger charge is 2.22. The van der Waals surface area contributed by atoms with Crippen molar-refractivity contribution >= 4 is 11.9 Å². The molecule has 0 aliphatic rings. The summed E-state index contributed by atoms with van der Waals surface area (Å²) in [5.74, 6) is -0.411. The number of hydrogen-bond acceptors (Lipinski definition) is 4. The maximum atomic E-state index is 11.7. The van der Waals surface area contributed by atoms with Gasteiger partial charge in [0.25, 0.3) is 0 Å². The quantitative estimate of drug-likeness (QED) is 0.797. The lowest BCUT2D eigenvalue weighted by molar-refractivity contribution is -0.137. The second-order valence-electron chi connectivity index (χ2n) is 4.93. The molecule has 18 heavy (non-hydrogen) atoms. The Bertz CT molecular complexity index is 437. The molecule has 6 heteroatoms. The molecule has 1 aromatic heterocycles. The van der Waals surface area contributed by atoms with E-state index in [9.17, 15) is 9.59 Å². The van der Waals surface area contributed by atoms with Gasteiger partial charge in [0.05, 0.1) is 12.1 Å². The van der Waals surface area contributed by atoms with E-state index >= 15 is 0 Å². The van der Waals surface area contributed by atoms with Crippen LogP contribution >= 0.6 is 0 Å². The highest BCUT2D eigenvalue weighted by Crippen LogP contribution is 2.12. The first-order chi connectivity index (χ1) is 8.28. The molecule has 0 aromatic carbocycles. The molecular weight excluding hydrogens is 236 g/mol. The Morgan fingerprint density at radius 3 is 2.67 bits per heavy atom. The van der Waals surface area contributed by atoms with Crippen LogP contribution in [0.3, 0.4) is 0 Å². The summed E-state index contributed by atoms with van der Waals surface area (Å²) in [5, 5.41) is 15.1. The zero-order valence-electron chi connectivity index (χ0n) is 10.8. The average Bonchev–Trinajstić information content (AvgIpc) is 2.60. The zero-order chi connectivity index (χ0) is 13.8. The van der Waals surface area contributed by atoms with Gasteiger partial charge >= 0.3 is 5.97 Å². The molecule has 0 radical (unpaired) electrons. The van der Waals surface area contributed by atoms with Crippen LogP contribution in [0.2, 0.25) is 0 Å². The van der Waals surface area contributed by atoms with E-state index in [1.807, 2.05) is 0 Å². The van der Waals surface area contributed by atoms with Crippen LogP contribution in [0, 0.1) is 6.92 Å². The van der Waals surface area contributed by atoms with Gasteiger partial charge in [0.15, 0.2) is 0 Å². The van der Waals surface area contributed by atoms with E-state index in [0.717, 1.165) is 0 Å². The van der Waals surface area contributed by atoms with E-state index in [1.165, 1.54) is 0 Å². The van der Waals surface area contributed by atoms with Gasteiger partial charge < -0.3 is 14.9 Å². The summed E-state index contributed by atoms with van der Waals surface area (Å²) in [6, 6.07) is 1.70. The predicted molar refractivity (Wildman–Crippen MR) is 64.0 cm³/mol. The van der Waals surface area contributed by atoms with Gasteiger partial charge in [-0.25, -0.2) is 0 Å². The molecule has 0 bridgehead atoms. The first-order valence-corrected chi connectivity index (χ1v) is 5.73. The molecule has 100 valence electrons. The number of carbonyl (C=O) groups is 2. The maximum Gasteiger partial charge on any atom is 0.303 e. The summed E-state index contributed by atoms with van der Waals surface area (Å²) in [7, 11) is 0. The monoisotopic (exact) mass is 254 g/mol. The number of nitrogens with one attached hydrogen (secondary N) is 1.